The molecule has 3 aromatic rings. The highest BCUT2D eigenvalue weighted by Gasteiger charge is 2.20. The lowest BCUT2D eigenvalue weighted by Gasteiger charge is -2.19. The Bertz CT molecular complexity index is 964. The fraction of sp³-hybridized carbons (Fsp3) is 0.364. The molecule has 26 heavy (non-hydrogen) atoms. The lowest BCUT2D eigenvalue weighted by atomic mass is 9.89. The Morgan fingerprint density at radius 2 is 1.88 bits per heavy atom. The summed E-state index contributed by atoms with van der Waals surface area (Å²) in [6.07, 6.45) is 7.28. The van der Waals surface area contributed by atoms with E-state index in [1.165, 1.54) is 28.2 Å². The minimum atomic E-state index is 0.0598. The summed E-state index contributed by atoms with van der Waals surface area (Å²) in [5.74, 6) is 0.190. The summed E-state index contributed by atoms with van der Waals surface area (Å²) < 4.78 is 2.33. The van der Waals surface area contributed by atoms with Gasteiger partial charge in [-0.3, -0.25) is 4.79 Å². The standard InChI is InChI=1S/C22H25N3O/c1-2-25-20-11-7-6-10-18(20)19-14-16(12-13-21(19)25)15-23-24-22(26)17-8-4-3-5-9-17/h6-7,10-15,17H,2-5,8-9H2,1H3,(H,24,26)/b23-15+. The van der Waals surface area contributed by atoms with Crippen LogP contribution < -0.4 is 5.43 Å². The van der Waals surface area contributed by atoms with Crippen LogP contribution in [0.2, 0.25) is 0 Å². The first-order valence-electron chi connectivity index (χ1n) is 9.62. The molecule has 0 unspecified atom stereocenters. The summed E-state index contributed by atoms with van der Waals surface area (Å²) >= 11 is 0. The summed E-state index contributed by atoms with van der Waals surface area (Å²) in [5, 5.41) is 6.68. The molecule has 1 saturated carbocycles. The number of aryl methyl sites for hydroxylation is 1. The third-order valence-corrected chi connectivity index (χ3v) is 5.48. The maximum Gasteiger partial charge on any atom is 0.243 e. The van der Waals surface area contributed by atoms with Crippen molar-refractivity contribution < 1.29 is 4.79 Å². The SMILES string of the molecule is CCn1c2ccccc2c2cc(/C=N/NC(=O)C3CCCCC3)ccc21. The molecule has 0 spiro atoms. The highest BCUT2D eigenvalue weighted by molar-refractivity contribution is 6.09. The van der Waals surface area contributed by atoms with Crippen LogP contribution in [-0.2, 0) is 11.3 Å². The fourth-order valence-electron chi connectivity index (χ4n) is 4.12. The van der Waals surface area contributed by atoms with Crippen molar-refractivity contribution in [1.82, 2.24) is 9.99 Å². The molecule has 4 rings (SSSR count). The Morgan fingerprint density at radius 1 is 1.12 bits per heavy atom. The second kappa shape index (κ2) is 7.32. The van der Waals surface area contributed by atoms with Crippen LogP contribution in [0.25, 0.3) is 21.8 Å². The van der Waals surface area contributed by atoms with Gasteiger partial charge < -0.3 is 4.57 Å². The zero-order chi connectivity index (χ0) is 17.9. The fourth-order valence-corrected chi connectivity index (χ4v) is 4.12. The predicted molar refractivity (Wildman–Crippen MR) is 107 cm³/mol. The van der Waals surface area contributed by atoms with Crippen molar-refractivity contribution in [2.24, 2.45) is 11.0 Å². The third kappa shape index (κ3) is 3.12. The monoisotopic (exact) mass is 347 g/mol. The Hall–Kier alpha value is -2.62. The molecular formula is C22H25N3O. The molecule has 1 aromatic heterocycles. The van der Waals surface area contributed by atoms with Crippen LogP contribution in [0, 0.1) is 5.92 Å². The maximum atomic E-state index is 12.2. The lowest BCUT2D eigenvalue weighted by molar-refractivity contribution is -0.125. The Morgan fingerprint density at radius 3 is 2.69 bits per heavy atom. The summed E-state index contributed by atoms with van der Waals surface area (Å²) in [6.45, 7) is 3.11. The normalized spacial score (nSPS) is 15.9. The molecule has 4 heteroatoms. The average molecular weight is 347 g/mol. The van der Waals surface area contributed by atoms with Crippen LogP contribution in [0.5, 0.6) is 0 Å². The van der Waals surface area contributed by atoms with Gasteiger partial charge in [-0.2, -0.15) is 5.10 Å². The number of para-hydroxylation sites is 1. The van der Waals surface area contributed by atoms with E-state index in [2.05, 4.69) is 64.5 Å². The molecule has 0 bridgehead atoms. The van der Waals surface area contributed by atoms with Crippen molar-refractivity contribution in [2.45, 2.75) is 45.6 Å². The van der Waals surface area contributed by atoms with Crippen molar-refractivity contribution in [1.29, 1.82) is 0 Å². The first kappa shape index (κ1) is 16.8. The lowest BCUT2D eigenvalue weighted by Crippen LogP contribution is -2.28. The van der Waals surface area contributed by atoms with Crippen LogP contribution in [0.4, 0.5) is 0 Å². The van der Waals surface area contributed by atoms with E-state index >= 15 is 0 Å². The summed E-state index contributed by atoms with van der Waals surface area (Å²) in [6, 6.07) is 14.8. The van der Waals surface area contributed by atoms with Gasteiger partial charge >= 0.3 is 0 Å². The number of hydrogen-bond donors (Lipinski definition) is 1. The molecule has 1 aliphatic rings. The first-order chi connectivity index (χ1) is 12.8. The van der Waals surface area contributed by atoms with Crippen LogP contribution in [0.1, 0.15) is 44.6 Å². The quantitative estimate of drug-likeness (QED) is 0.532. The van der Waals surface area contributed by atoms with Crippen molar-refractivity contribution >= 4 is 33.9 Å². The second-order valence-corrected chi connectivity index (χ2v) is 7.11. The van der Waals surface area contributed by atoms with Crippen molar-refractivity contribution in [3.63, 3.8) is 0 Å². The highest BCUT2D eigenvalue weighted by atomic mass is 16.2. The van der Waals surface area contributed by atoms with Gasteiger partial charge in [0, 0.05) is 34.3 Å². The molecule has 0 saturated heterocycles. The van der Waals surface area contributed by atoms with Gasteiger partial charge in [0.1, 0.15) is 0 Å². The van der Waals surface area contributed by atoms with Gasteiger partial charge in [-0.25, -0.2) is 5.43 Å². The molecule has 0 radical (unpaired) electrons. The van der Waals surface area contributed by atoms with Crippen LogP contribution in [0.15, 0.2) is 47.6 Å². The molecule has 1 heterocycles. The second-order valence-electron chi connectivity index (χ2n) is 7.11. The number of hydrogen-bond acceptors (Lipinski definition) is 2. The van der Waals surface area contributed by atoms with Gasteiger partial charge in [-0.1, -0.05) is 43.5 Å². The van der Waals surface area contributed by atoms with E-state index in [4.69, 9.17) is 0 Å². The van der Waals surface area contributed by atoms with Crippen LogP contribution in [0.3, 0.4) is 0 Å². The molecular weight excluding hydrogens is 322 g/mol. The average Bonchev–Trinajstić information content (AvgIpc) is 3.01. The zero-order valence-corrected chi connectivity index (χ0v) is 15.2. The zero-order valence-electron chi connectivity index (χ0n) is 15.2. The molecule has 134 valence electrons. The number of fused-ring (bicyclic) bond motifs is 3. The topological polar surface area (TPSA) is 46.4 Å². The van der Waals surface area contributed by atoms with Gasteiger partial charge in [0.25, 0.3) is 0 Å². The van der Waals surface area contributed by atoms with Crippen LogP contribution in [-0.4, -0.2) is 16.7 Å². The number of nitrogens with zero attached hydrogens (tertiary/aromatic N) is 2. The van der Waals surface area contributed by atoms with Crippen molar-refractivity contribution in [3.05, 3.63) is 48.0 Å². The van der Waals surface area contributed by atoms with E-state index < -0.39 is 0 Å². The van der Waals surface area contributed by atoms with E-state index in [0.29, 0.717) is 0 Å². The van der Waals surface area contributed by atoms with Gasteiger partial charge in [0.15, 0.2) is 0 Å². The summed E-state index contributed by atoms with van der Waals surface area (Å²) in [5.41, 5.74) is 6.22. The number of rotatable bonds is 4. The van der Waals surface area contributed by atoms with E-state index in [1.54, 1.807) is 6.21 Å². The molecule has 0 atom stereocenters. The number of hydrazone groups is 1. The Kier molecular flexibility index (Phi) is 4.74. The van der Waals surface area contributed by atoms with Gasteiger partial charge in [0.2, 0.25) is 5.91 Å². The number of amides is 1. The smallest absolute Gasteiger partial charge is 0.243 e. The molecule has 1 fully saturated rings. The number of aromatic nitrogens is 1. The summed E-state index contributed by atoms with van der Waals surface area (Å²) in [7, 11) is 0. The maximum absolute atomic E-state index is 12.2. The van der Waals surface area contributed by atoms with E-state index in [-0.39, 0.29) is 11.8 Å². The molecule has 1 N–H and O–H groups in total. The number of benzene rings is 2. The van der Waals surface area contributed by atoms with Gasteiger partial charge in [-0.15, -0.1) is 0 Å². The highest BCUT2D eigenvalue weighted by Crippen LogP contribution is 2.29. The van der Waals surface area contributed by atoms with Gasteiger partial charge in [0.05, 0.1) is 6.21 Å². The number of carbonyl (C=O) groups excluding carboxylic acids is 1. The Balaban J connectivity index is 1.57. The molecule has 2 aromatic carbocycles. The van der Waals surface area contributed by atoms with E-state index in [0.717, 1.165) is 37.8 Å². The number of nitrogens with one attached hydrogen (secondary N) is 1. The van der Waals surface area contributed by atoms with Crippen molar-refractivity contribution in [3.8, 4) is 0 Å². The van der Waals surface area contributed by atoms with E-state index in [1.807, 2.05) is 0 Å². The molecule has 1 aliphatic carbocycles. The largest absolute Gasteiger partial charge is 0.341 e. The minimum Gasteiger partial charge on any atom is -0.341 e. The molecule has 0 aliphatic heterocycles. The summed E-state index contributed by atoms with van der Waals surface area (Å²) in [4.78, 5) is 12.2. The third-order valence-electron chi connectivity index (χ3n) is 5.48. The van der Waals surface area contributed by atoms with Crippen LogP contribution >= 0.6 is 0 Å². The molecule has 4 nitrogen and oxygen atoms in total. The Labute approximate surface area is 153 Å². The van der Waals surface area contributed by atoms with E-state index in [9.17, 15) is 4.79 Å². The van der Waals surface area contributed by atoms with Crippen molar-refractivity contribution in [2.75, 3.05) is 0 Å². The minimum absolute atomic E-state index is 0.0598. The predicted octanol–water partition coefficient (Wildman–Crippen LogP) is 4.84. The van der Waals surface area contributed by atoms with Gasteiger partial charge in [-0.05, 0) is 43.5 Å². The number of carbonyl (C=O) groups is 1. The first-order valence-corrected chi connectivity index (χ1v) is 9.62. The molecule has 1 amide bonds.